The van der Waals surface area contributed by atoms with E-state index < -0.39 is 11.8 Å². The van der Waals surface area contributed by atoms with E-state index in [4.69, 9.17) is 11.6 Å². The summed E-state index contributed by atoms with van der Waals surface area (Å²) in [6, 6.07) is 11.6. The molecule has 2 aromatic carbocycles. The number of benzene rings is 2. The van der Waals surface area contributed by atoms with E-state index in [9.17, 15) is 9.18 Å². The van der Waals surface area contributed by atoms with Gasteiger partial charge in [-0.25, -0.2) is 9.18 Å². The second kappa shape index (κ2) is 6.39. The van der Waals surface area contributed by atoms with Crippen LogP contribution in [0.5, 0.6) is 0 Å². The largest absolute Gasteiger partial charge is 0.465 e. The van der Waals surface area contributed by atoms with E-state index in [1.54, 1.807) is 18.2 Å². The van der Waals surface area contributed by atoms with Crippen molar-refractivity contribution in [2.75, 3.05) is 12.4 Å². The van der Waals surface area contributed by atoms with Crippen LogP contribution in [0, 0.1) is 5.82 Å². The third-order valence-corrected chi connectivity index (χ3v) is 3.03. The fraction of sp³-hybridized carbons (Fsp3) is 0.133. The second-order valence-corrected chi connectivity index (χ2v) is 4.60. The van der Waals surface area contributed by atoms with Gasteiger partial charge in [0, 0.05) is 17.3 Å². The molecule has 0 heterocycles. The van der Waals surface area contributed by atoms with Gasteiger partial charge in [-0.05, 0) is 35.9 Å². The zero-order valence-electron chi connectivity index (χ0n) is 10.8. The maximum Gasteiger partial charge on any atom is 0.340 e. The number of methoxy groups -OCH3 is 1. The van der Waals surface area contributed by atoms with E-state index in [1.807, 2.05) is 12.1 Å². The van der Waals surface area contributed by atoms with Crippen LogP contribution in [0.2, 0.25) is 5.02 Å². The average molecular weight is 294 g/mol. The van der Waals surface area contributed by atoms with Crippen LogP contribution >= 0.6 is 11.6 Å². The third kappa shape index (κ3) is 3.48. The zero-order chi connectivity index (χ0) is 14.5. The van der Waals surface area contributed by atoms with Crippen molar-refractivity contribution < 1.29 is 13.9 Å². The maximum atomic E-state index is 13.5. The highest BCUT2D eigenvalue weighted by molar-refractivity contribution is 6.30. The standard InChI is InChI=1S/C15H13ClFNO2/c1-20-15(19)13-8-12(6-7-14(13)17)18-9-10-2-4-11(16)5-3-10/h2-8,18H,9H2,1H3. The molecular weight excluding hydrogens is 281 g/mol. The summed E-state index contributed by atoms with van der Waals surface area (Å²) in [5, 5.41) is 3.78. The van der Waals surface area contributed by atoms with E-state index in [0.717, 1.165) is 5.56 Å². The molecule has 0 saturated carbocycles. The highest BCUT2D eigenvalue weighted by Crippen LogP contribution is 2.17. The molecule has 104 valence electrons. The number of rotatable bonds is 4. The van der Waals surface area contributed by atoms with Gasteiger partial charge in [0.2, 0.25) is 0 Å². The molecule has 0 aliphatic carbocycles. The summed E-state index contributed by atoms with van der Waals surface area (Å²) in [7, 11) is 1.22. The van der Waals surface area contributed by atoms with Gasteiger partial charge in [0.1, 0.15) is 5.82 Å². The molecule has 2 rings (SSSR count). The molecule has 0 fully saturated rings. The lowest BCUT2D eigenvalue weighted by Crippen LogP contribution is -2.06. The van der Waals surface area contributed by atoms with E-state index in [1.165, 1.54) is 19.2 Å². The predicted octanol–water partition coefficient (Wildman–Crippen LogP) is 3.88. The first-order valence-corrected chi connectivity index (χ1v) is 6.34. The summed E-state index contributed by atoms with van der Waals surface area (Å²) < 4.78 is 18.0. The first-order valence-electron chi connectivity index (χ1n) is 5.96. The van der Waals surface area contributed by atoms with Gasteiger partial charge in [-0.2, -0.15) is 0 Å². The number of halogens is 2. The van der Waals surface area contributed by atoms with Gasteiger partial charge in [0.15, 0.2) is 0 Å². The molecule has 0 radical (unpaired) electrons. The van der Waals surface area contributed by atoms with E-state index in [-0.39, 0.29) is 5.56 Å². The average Bonchev–Trinajstić information content (AvgIpc) is 2.47. The van der Waals surface area contributed by atoms with Crippen LogP contribution in [-0.4, -0.2) is 13.1 Å². The van der Waals surface area contributed by atoms with Crippen LogP contribution in [-0.2, 0) is 11.3 Å². The van der Waals surface area contributed by atoms with Gasteiger partial charge < -0.3 is 10.1 Å². The van der Waals surface area contributed by atoms with Gasteiger partial charge in [-0.15, -0.1) is 0 Å². The van der Waals surface area contributed by atoms with E-state index in [2.05, 4.69) is 10.1 Å². The summed E-state index contributed by atoms with van der Waals surface area (Å²) in [4.78, 5) is 11.4. The maximum absolute atomic E-state index is 13.5. The molecule has 20 heavy (non-hydrogen) atoms. The Kier molecular flexibility index (Phi) is 4.58. The summed E-state index contributed by atoms with van der Waals surface area (Å²) >= 11 is 5.80. The normalized spacial score (nSPS) is 10.2. The molecule has 1 N–H and O–H groups in total. The van der Waals surface area contributed by atoms with Crippen LogP contribution in [0.3, 0.4) is 0 Å². The van der Waals surface area contributed by atoms with Gasteiger partial charge in [0.25, 0.3) is 0 Å². The molecule has 0 atom stereocenters. The number of hydrogen-bond acceptors (Lipinski definition) is 3. The highest BCUT2D eigenvalue weighted by Gasteiger charge is 2.12. The summed E-state index contributed by atoms with van der Waals surface area (Å²) in [5.74, 6) is -1.30. The van der Waals surface area contributed by atoms with Gasteiger partial charge in [-0.1, -0.05) is 23.7 Å². The van der Waals surface area contributed by atoms with Crippen molar-refractivity contribution in [2.45, 2.75) is 6.54 Å². The minimum atomic E-state index is -0.697. The smallest absolute Gasteiger partial charge is 0.340 e. The number of ether oxygens (including phenoxy) is 1. The van der Waals surface area contributed by atoms with E-state index >= 15 is 0 Å². The van der Waals surface area contributed by atoms with E-state index in [0.29, 0.717) is 17.3 Å². The Labute approximate surface area is 121 Å². The number of hydrogen-bond donors (Lipinski definition) is 1. The minimum Gasteiger partial charge on any atom is -0.465 e. The van der Waals surface area contributed by atoms with Crippen molar-refractivity contribution in [1.29, 1.82) is 0 Å². The van der Waals surface area contributed by atoms with Crippen LogP contribution in [0.4, 0.5) is 10.1 Å². The Hall–Kier alpha value is -2.07. The van der Waals surface area contributed by atoms with Crippen molar-refractivity contribution in [2.24, 2.45) is 0 Å². The van der Waals surface area contributed by atoms with Crippen LogP contribution in [0.25, 0.3) is 0 Å². The van der Waals surface area contributed by atoms with Crippen LogP contribution in [0.15, 0.2) is 42.5 Å². The Balaban J connectivity index is 2.10. The van der Waals surface area contributed by atoms with Gasteiger partial charge in [-0.3, -0.25) is 0 Å². The van der Waals surface area contributed by atoms with Crippen molar-refractivity contribution in [3.63, 3.8) is 0 Å². The van der Waals surface area contributed by atoms with Gasteiger partial charge >= 0.3 is 5.97 Å². The molecule has 5 heteroatoms. The quantitative estimate of drug-likeness (QED) is 0.870. The number of anilines is 1. The predicted molar refractivity (Wildman–Crippen MR) is 76.5 cm³/mol. The molecule has 0 unspecified atom stereocenters. The van der Waals surface area contributed by atoms with Crippen molar-refractivity contribution in [3.8, 4) is 0 Å². The Morgan fingerprint density at radius 3 is 2.60 bits per heavy atom. The lowest BCUT2D eigenvalue weighted by Gasteiger charge is -2.09. The SMILES string of the molecule is COC(=O)c1cc(NCc2ccc(Cl)cc2)ccc1F. The monoisotopic (exact) mass is 293 g/mol. The van der Waals surface area contributed by atoms with Crippen molar-refractivity contribution in [3.05, 3.63) is 64.4 Å². The zero-order valence-corrected chi connectivity index (χ0v) is 11.6. The second-order valence-electron chi connectivity index (χ2n) is 4.17. The highest BCUT2D eigenvalue weighted by atomic mass is 35.5. The molecule has 2 aromatic rings. The number of carbonyl (C=O) groups excluding carboxylic acids is 1. The van der Waals surface area contributed by atoms with Crippen LogP contribution in [0.1, 0.15) is 15.9 Å². The molecule has 0 spiro atoms. The van der Waals surface area contributed by atoms with Crippen molar-refractivity contribution in [1.82, 2.24) is 0 Å². The summed E-state index contributed by atoms with van der Waals surface area (Å²) in [6.45, 7) is 0.545. The molecule has 0 amide bonds. The van der Waals surface area contributed by atoms with Crippen LogP contribution < -0.4 is 5.32 Å². The first-order chi connectivity index (χ1) is 9.60. The number of carbonyl (C=O) groups is 1. The minimum absolute atomic E-state index is 0.0893. The lowest BCUT2D eigenvalue weighted by atomic mass is 10.1. The molecule has 0 aliphatic heterocycles. The fourth-order valence-corrected chi connectivity index (χ4v) is 1.83. The molecular formula is C15H13ClFNO2. The summed E-state index contributed by atoms with van der Waals surface area (Å²) in [6.07, 6.45) is 0. The number of nitrogens with one attached hydrogen (secondary N) is 1. The molecule has 0 aromatic heterocycles. The lowest BCUT2D eigenvalue weighted by molar-refractivity contribution is 0.0595. The first kappa shape index (κ1) is 14.3. The molecule has 0 bridgehead atoms. The molecule has 0 saturated heterocycles. The Bertz CT molecular complexity index is 614. The fourth-order valence-electron chi connectivity index (χ4n) is 1.71. The van der Waals surface area contributed by atoms with Crippen molar-refractivity contribution >= 4 is 23.3 Å². The topological polar surface area (TPSA) is 38.3 Å². The Morgan fingerprint density at radius 1 is 1.25 bits per heavy atom. The molecule has 0 aliphatic rings. The number of esters is 1. The van der Waals surface area contributed by atoms with Gasteiger partial charge in [0.05, 0.1) is 12.7 Å². The Morgan fingerprint density at radius 2 is 1.95 bits per heavy atom. The third-order valence-electron chi connectivity index (χ3n) is 2.78. The summed E-state index contributed by atoms with van der Waals surface area (Å²) in [5.41, 5.74) is 1.58. The molecule has 3 nitrogen and oxygen atoms in total.